The first kappa shape index (κ1) is 75.9. The SMILES string of the molecule is CC[C@]12CO[C@@H](OC3[C@H](C)CO[C@@H](O[C@H]4C(C)O[C@@H](O[C@@H]5C(O[C@@H]6OC(C)[C@H](C)[C@@H]7OC(C)(C)OC67)[C@@H](OC(C)=O)C(CO)O[C@@H]5O)[C@@H](C)C4(C)O[C@@H]4OC(COCc5ccccc5)[C@@H](OCc5ccccc5)C(OCc5ccccc5)[C@H]4C)[C@@H]3OCc3ccccc3)C1O[C@H](c1ccccc1)O2. The van der Waals surface area contributed by atoms with Crippen molar-refractivity contribution in [3.8, 4) is 0 Å². The number of ether oxygens (including phenoxy) is 20. The van der Waals surface area contributed by atoms with Crippen molar-refractivity contribution in [2.24, 2.45) is 23.7 Å². The lowest BCUT2D eigenvalue weighted by Gasteiger charge is -2.56. The van der Waals surface area contributed by atoms with Crippen molar-refractivity contribution in [3.63, 3.8) is 0 Å². The predicted molar refractivity (Wildman–Crippen MR) is 369 cm³/mol. The first-order chi connectivity index (χ1) is 49.7. The van der Waals surface area contributed by atoms with Gasteiger partial charge in [0.2, 0.25) is 0 Å². The molecular weight excluding hydrogens is 1330 g/mol. The molecule has 0 spiro atoms. The van der Waals surface area contributed by atoms with Crippen LogP contribution in [0.25, 0.3) is 0 Å². The number of carbonyl (C=O) groups excluding carboxylic acids is 1. The summed E-state index contributed by atoms with van der Waals surface area (Å²) in [6.45, 7) is 21.3. The average Bonchev–Trinajstić information content (AvgIpc) is 1.68. The lowest BCUT2D eigenvalue weighted by atomic mass is 9.79. The Hall–Kier alpha value is -5.27. The highest BCUT2D eigenvalue weighted by Gasteiger charge is 2.64. The van der Waals surface area contributed by atoms with E-state index in [1.807, 2.05) is 214 Å². The minimum Gasteiger partial charge on any atom is -0.457 e. The van der Waals surface area contributed by atoms with Crippen LogP contribution in [-0.4, -0.2) is 189 Å². The Morgan fingerprint density at radius 2 is 1.07 bits per heavy atom. The molecule has 8 saturated heterocycles. The quantitative estimate of drug-likeness (QED) is 0.0464. The highest BCUT2D eigenvalue weighted by molar-refractivity contribution is 5.66. The first-order valence-corrected chi connectivity index (χ1v) is 36.6. The van der Waals surface area contributed by atoms with Crippen molar-refractivity contribution in [1.29, 1.82) is 0 Å². The molecule has 8 heterocycles. The third kappa shape index (κ3) is 17.0. The summed E-state index contributed by atoms with van der Waals surface area (Å²) in [5, 5.41) is 23.3. The molecule has 0 amide bonds. The van der Waals surface area contributed by atoms with Crippen LogP contribution in [0.4, 0.5) is 0 Å². The fourth-order valence-electron chi connectivity index (χ4n) is 15.6. The monoisotopic (exact) mass is 1430 g/mol. The fraction of sp³-hybridized carbons (Fsp3) is 0.613. The topological polar surface area (TPSA) is 242 Å². The molecule has 13 rings (SSSR count). The number of esters is 1. The molecular formula is C80H104O23. The van der Waals surface area contributed by atoms with Crippen molar-refractivity contribution >= 4 is 5.97 Å². The van der Waals surface area contributed by atoms with Crippen molar-refractivity contribution in [2.45, 2.75) is 262 Å². The van der Waals surface area contributed by atoms with Crippen LogP contribution in [0.2, 0.25) is 0 Å². The molecule has 5 aromatic rings. The number of aliphatic hydroxyl groups is 2. The zero-order chi connectivity index (χ0) is 72.2. The first-order valence-electron chi connectivity index (χ1n) is 36.6. The number of aliphatic hydroxyl groups excluding tert-OH is 2. The molecule has 0 radical (unpaired) electrons. The van der Waals surface area contributed by atoms with Gasteiger partial charge in [-0.1, -0.05) is 186 Å². The molecule has 0 bridgehead atoms. The molecule has 103 heavy (non-hydrogen) atoms. The molecule has 5 aromatic carbocycles. The molecule has 28 atom stereocenters. The van der Waals surface area contributed by atoms with Gasteiger partial charge in [0.25, 0.3) is 0 Å². The van der Waals surface area contributed by atoms with Crippen LogP contribution in [0.5, 0.6) is 0 Å². The maximum Gasteiger partial charge on any atom is 0.303 e. The second-order valence-corrected chi connectivity index (χ2v) is 29.5. The van der Waals surface area contributed by atoms with Crippen LogP contribution in [0, 0.1) is 23.7 Å². The predicted octanol–water partition coefficient (Wildman–Crippen LogP) is 10.2. The van der Waals surface area contributed by atoms with E-state index in [1.165, 1.54) is 6.92 Å². The lowest BCUT2D eigenvalue weighted by molar-refractivity contribution is -0.414. The second kappa shape index (κ2) is 33.5. The van der Waals surface area contributed by atoms with Gasteiger partial charge in [-0.3, -0.25) is 4.79 Å². The van der Waals surface area contributed by atoms with Crippen LogP contribution in [0.15, 0.2) is 152 Å². The van der Waals surface area contributed by atoms with Gasteiger partial charge in [-0.25, -0.2) is 0 Å². The zero-order valence-corrected chi connectivity index (χ0v) is 60.8. The number of hydrogen-bond acceptors (Lipinski definition) is 23. The molecule has 562 valence electrons. The van der Waals surface area contributed by atoms with E-state index in [-0.39, 0.29) is 58.1 Å². The molecule has 23 nitrogen and oxygen atoms in total. The highest BCUT2D eigenvalue weighted by Crippen LogP contribution is 2.50. The minimum absolute atomic E-state index is 0.0759. The Balaban J connectivity index is 0.866. The molecule has 8 aliphatic rings. The Labute approximate surface area is 604 Å². The summed E-state index contributed by atoms with van der Waals surface area (Å²) < 4.78 is 138. The largest absolute Gasteiger partial charge is 0.457 e. The van der Waals surface area contributed by atoms with Crippen molar-refractivity contribution in [1.82, 2.24) is 0 Å². The number of carbonyl (C=O) groups is 1. The maximum absolute atomic E-state index is 13.2. The van der Waals surface area contributed by atoms with Gasteiger partial charge in [0.15, 0.2) is 55.9 Å². The van der Waals surface area contributed by atoms with Gasteiger partial charge in [0.05, 0.1) is 83.4 Å². The van der Waals surface area contributed by atoms with Crippen LogP contribution in [-0.2, 0) is 126 Å². The van der Waals surface area contributed by atoms with Crippen molar-refractivity contribution in [3.05, 3.63) is 179 Å². The summed E-state index contributed by atoms with van der Waals surface area (Å²) >= 11 is 0. The normalized spacial score (nSPS) is 40.0. The minimum atomic E-state index is -1.81. The molecule has 23 heteroatoms. The Morgan fingerprint density at radius 1 is 0.515 bits per heavy atom. The highest BCUT2D eigenvalue weighted by atomic mass is 16.8. The van der Waals surface area contributed by atoms with Gasteiger partial charge in [-0.05, 0) is 63.3 Å². The number of rotatable bonds is 27. The second-order valence-electron chi connectivity index (χ2n) is 29.5. The van der Waals surface area contributed by atoms with Gasteiger partial charge >= 0.3 is 5.97 Å². The smallest absolute Gasteiger partial charge is 0.303 e. The summed E-state index contributed by atoms with van der Waals surface area (Å²) in [5.41, 5.74) is 2.33. The van der Waals surface area contributed by atoms with E-state index in [0.717, 1.165) is 27.8 Å². The van der Waals surface area contributed by atoms with E-state index in [2.05, 4.69) is 6.92 Å². The maximum atomic E-state index is 13.2. The third-order valence-electron chi connectivity index (χ3n) is 21.7. The molecule has 0 aromatic heterocycles. The third-order valence-corrected chi connectivity index (χ3v) is 21.7. The van der Waals surface area contributed by atoms with E-state index in [4.69, 9.17) is 94.7 Å². The Morgan fingerprint density at radius 3 is 1.67 bits per heavy atom. The van der Waals surface area contributed by atoms with E-state index in [1.54, 1.807) is 0 Å². The van der Waals surface area contributed by atoms with Crippen molar-refractivity contribution < 1.29 is 110 Å². The van der Waals surface area contributed by atoms with Gasteiger partial charge in [-0.2, -0.15) is 0 Å². The zero-order valence-electron chi connectivity index (χ0n) is 60.8. The van der Waals surface area contributed by atoms with Gasteiger partial charge in [0, 0.05) is 36.2 Å². The van der Waals surface area contributed by atoms with Crippen LogP contribution in [0.1, 0.15) is 117 Å². The van der Waals surface area contributed by atoms with Gasteiger partial charge in [0.1, 0.15) is 66.1 Å². The van der Waals surface area contributed by atoms with E-state index in [9.17, 15) is 15.0 Å². The standard InChI is InChI=1S/C80H104O23/c1-12-80-45-89-77(70(80)99-74(103-80)57-36-26-17-27-37-57)95-60-46(2)39-88-75(67(60)87-43-56-34-24-16-25-35-56)98-69-51(7)91-73(97-66-65(64(92-52(8)82)58(38-81)93-71(66)83)96-76-68-62(47(3)50(6)90-76)100-78(9,10)101-68)49(5)79(69,11)102-72-48(4)61(85-41-54-30-20-14-21-31-54)63(86-42-55-32-22-15-23-33-55)59(94-72)44-84-40-53-28-18-13-19-29-53/h13-37,46-51,58-77,81,83H,12,38-45H2,1-11H3/t46-,47+,48-,49-,50?,51?,58?,59?,60?,61?,62+,63-,64+,65?,66-,67-,68?,69+,70?,71+,72+,73+,74+,75+,76+,77+,79?,80+/m1/s1. The Kier molecular flexibility index (Phi) is 24.7. The lowest BCUT2D eigenvalue weighted by Crippen LogP contribution is -2.69. The van der Waals surface area contributed by atoms with Crippen LogP contribution < -0.4 is 0 Å². The number of hydrogen-bond donors (Lipinski definition) is 2. The fourth-order valence-corrected chi connectivity index (χ4v) is 15.6. The summed E-state index contributed by atoms with van der Waals surface area (Å²) in [6, 6.07) is 49.5. The van der Waals surface area contributed by atoms with Crippen molar-refractivity contribution in [2.75, 3.05) is 26.4 Å². The summed E-state index contributed by atoms with van der Waals surface area (Å²) in [4.78, 5) is 13.2. The molecule has 8 fully saturated rings. The summed E-state index contributed by atoms with van der Waals surface area (Å²) in [5.74, 6) is -3.58. The van der Waals surface area contributed by atoms with E-state index >= 15 is 0 Å². The van der Waals surface area contributed by atoms with Gasteiger partial charge < -0.3 is 105 Å². The van der Waals surface area contributed by atoms with Crippen LogP contribution >= 0.6 is 0 Å². The van der Waals surface area contributed by atoms with E-state index < -0.39 is 177 Å². The molecule has 0 saturated carbocycles. The summed E-state index contributed by atoms with van der Waals surface area (Å²) in [7, 11) is 0. The molecule has 0 aliphatic carbocycles. The average molecular weight is 1430 g/mol. The van der Waals surface area contributed by atoms with E-state index in [0.29, 0.717) is 6.42 Å². The van der Waals surface area contributed by atoms with Crippen LogP contribution in [0.3, 0.4) is 0 Å². The van der Waals surface area contributed by atoms with Gasteiger partial charge in [-0.15, -0.1) is 0 Å². The molecule has 10 unspecified atom stereocenters. The number of fused-ring (bicyclic) bond motifs is 2. The Bertz CT molecular complexity index is 3440. The summed E-state index contributed by atoms with van der Waals surface area (Å²) in [6.07, 6.45) is -21.0. The number of benzene rings is 5. The molecule has 2 N–H and O–H groups in total. The molecule has 8 aliphatic heterocycles.